The van der Waals surface area contributed by atoms with Crippen molar-refractivity contribution >= 4 is 11.4 Å². The molecule has 4 unspecified atom stereocenters. The molecule has 0 bridgehead atoms. The van der Waals surface area contributed by atoms with E-state index in [0.717, 1.165) is 17.5 Å². The van der Waals surface area contributed by atoms with Crippen LogP contribution >= 0.6 is 0 Å². The van der Waals surface area contributed by atoms with Gasteiger partial charge in [-0.15, -0.1) is 0 Å². The molecule has 1 aromatic carbocycles. The Labute approximate surface area is 150 Å². The lowest BCUT2D eigenvalue weighted by molar-refractivity contribution is 0.355. The Bertz CT molecular complexity index is 437. The molecule has 0 spiro atoms. The molecule has 138 valence electrons. The van der Waals surface area contributed by atoms with E-state index >= 15 is 0 Å². The lowest BCUT2D eigenvalue weighted by atomic mass is 9.91. The van der Waals surface area contributed by atoms with E-state index in [0.29, 0.717) is 12.1 Å². The van der Waals surface area contributed by atoms with Crippen molar-refractivity contribution in [3.8, 4) is 0 Å². The van der Waals surface area contributed by atoms with E-state index in [1.165, 1.54) is 44.2 Å². The quantitative estimate of drug-likeness (QED) is 0.468. The second-order valence-electron chi connectivity index (χ2n) is 7.62. The van der Waals surface area contributed by atoms with Gasteiger partial charge >= 0.3 is 0 Å². The van der Waals surface area contributed by atoms with E-state index in [1.54, 1.807) is 0 Å². The van der Waals surface area contributed by atoms with Crippen molar-refractivity contribution in [1.82, 2.24) is 0 Å². The third kappa shape index (κ3) is 6.03. The zero-order chi connectivity index (χ0) is 18.1. The van der Waals surface area contributed by atoms with Gasteiger partial charge in [0, 0.05) is 23.5 Å². The molecular formula is C22H40N2. The fraction of sp³-hybridized carbons (Fsp3) is 0.727. The van der Waals surface area contributed by atoms with E-state index in [-0.39, 0.29) is 0 Å². The molecule has 2 N–H and O–H groups in total. The Morgan fingerprint density at radius 1 is 0.833 bits per heavy atom. The molecule has 0 saturated carbocycles. The first kappa shape index (κ1) is 20.9. The predicted octanol–water partition coefficient (Wildman–Crippen LogP) is 6.50. The van der Waals surface area contributed by atoms with E-state index < -0.39 is 0 Å². The molecule has 4 atom stereocenters. The number of nitrogen functional groups attached to an aromatic ring is 1. The first-order chi connectivity index (χ1) is 11.5. The number of nitrogens with two attached hydrogens (primary N) is 1. The lowest BCUT2D eigenvalue weighted by Gasteiger charge is -2.42. The van der Waals surface area contributed by atoms with Crippen LogP contribution < -0.4 is 10.6 Å². The molecule has 0 saturated heterocycles. The Hall–Kier alpha value is -1.18. The molecule has 2 nitrogen and oxygen atoms in total. The molecule has 1 rings (SSSR count). The average molecular weight is 333 g/mol. The minimum atomic E-state index is 0.593. The zero-order valence-corrected chi connectivity index (χ0v) is 16.9. The molecule has 0 heterocycles. The van der Waals surface area contributed by atoms with E-state index in [4.69, 9.17) is 5.73 Å². The lowest BCUT2D eigenvalue weighted by Crippen LogP contribution is -2.44. The minimum Gasteiger partial charge on any atom is -0.399 e. The monoisotopic (exact) mass is 332 g/mol. The highest BCUT2D eigenvalue weighted by Crippen LogP contribution is 2.31. The van der Waals surface area contributed by atoms with Crippen molar-refractivity contribution in [2.24, 2.45) is 11.8 Å². The topological polar surface area (TPSA) is 29.3 Å². The molecule has 0 aliphatic heterocycles. The van der Waals surface area contributed by atoms with Gasteiger partial charge in [-0.1, -0.05) is 60.5 Å². The van der Waals surface area contributed by atoms with Crippen molar-refractivity contribution < 1.29 is 0 Å². The van der Waals surface area contributed by atoms with Crippen LogP contribution in [0.1, 0.15) is 80.1 Å². The van der Waals surface area contributed by atoms with Crippen molar-refractivity contribution in [2.45, 2.75) is 92.2 Å². The van der Waals surface area contributed by atoms with Crippen molar-refractivity contribution in [3.63, 3.8) is 0 Å². The number of benzene rings is 1. The summed E-state index contributed by atoms with van der Waals surface area (Å²) in [5, 5.41) is 0. The van der Waals surface area contributed by atoms with Crippen LogP contribution in [0, 0.1) is 11.8 Å². The number of hydrogen-bond acceptors (Lipinski definition) is 2. The molecule has 0 aliphatic carbocycles. The van der Waals surface area contributed by atoms with Crippen LogP contribution in [0.25, 0.3) is 0 Å². The van der Waals surface area contributed by atoms with Crippen LogP contribution in [0.5, 0.6) is 0 Å². The average Bonchev–Trinajstić information content (AvgIpc) is 2.59. The third-order valence-corrected chi connectivity index (χ3v) is 5.64. The fourth-order valence-corrected chi connectivity index (χ4v) is 3.62. The summed E-state index contributed by atoms with van der Waals surface area (Å²) in [4.78, 5) is 2.70. The maximum absolute atomic E-state index is 6.11. The van der Waals surface area contributed by atoms with Gasteiger partial charge < -0.3 is 10.6 Å². The van der Waals surface area contributed by atoms with Gasteiger partial charge in [0.2, 0.25) is 0 Å². The van der Waals surface area contributed by atoms with Gasteiger partial charge in [0.05, 0.1) is 0 Å². The standard InChI is InChI=1S/C22H40N2/c1-7-17(5)14-20(9-3)24(21(10-4)15-18(6)8-2)22-13-11-12-19(23)16-22/h11-13,16-18,20-21H,7-10,14-15,23H2,1-6H3. The summed E-state index contributed by atoms with van der Waals surface area (Å²) in [7, 11) is 0. The molecule has 0 radical (unpaired) electrons. The Morgan fingerprint density at radius 3 is 1.71 bits per heavy atom. The van der Waals surface area contributed by atoms with Gasteiger partial charge in [-0.05, 0) is 55.7 Å². The molecule has 0 fully saturated rings. The number of hydrogen-bond donors (Lipinski definition) is 1. The summed E-state index contributed by atoms with van der Waals surface area (Å²) in [5.74, 6) is 1.53. The van der Waals surface area contributed by atoms with Gasteiger partial charge in [-0.25, -0.2) is 0 Å². The molecular weight excluding hydrogens is 292 g/mol. The largest absolute Gasteiger partial charge is 0.399 e. The van der Waals surface area contributed by atoms with E-state index in [1.807, 2.05) is 6.07 Å². The zero-order valence-electron chi connectivity index (χ0n) is 16.9. The summed E-state index contributed by atoms with van der Waals surface area (Å²) < 4.78 is 0. The normalized spacial score (nSPS) is 16.4. The Balaban J connectivity index is 3.17. The van der Waals surface area contributed by atoms with Gasteiger partial charge in [0.1, 0.15) is 0 Å². The highest BCUT2D eigenvalue weighted by molar-refractivity contribution is 5.57. The minimum absolute atomic E-state index is 0.593. The summed E-state index contributed by atoms with van der Waals surface area (Å²) in [5.41, 5.74) is 8.28. The number of nitrogens with zero attached hydrogens (tertiary/aromatic N) is 1. The fourth-order valence-electron chi connectivity index (χ4n) is 3.62. The maximum Gasteiger partial charge on any atom is 0.0391 e. The first-order valence-corrected chi connectivity index (χ1v) is 10.1. The maximum atomic E-state index is 6.11. The van der Waals surface area contributed by atoms with Gasteiger partial charge in [-0.3, -0.25) is 0 Å². The highest BCUT2D eigenvalue weighted by atomic mass is 15.2. The van der Waals surface area contributed by atoms with E-state index in [2.05, 4.69) is 64.6 Å². The van der Waals surface area contributed by atoms with E-state index in [9.17, 15) is 0 Å². The summed E-state index contributed by atoms with van der Waals surface area (Å²) in [6.07, 6.45) is 7.41. The van der Waals surface area contributed by atoms with Crippen LogP contribution in [0.15, 0.2) is 24.3 Å². The molecule has 0 aromatic heterocycles. The number of anilines is 2. The first-order valence-electron chi connectivity index (χ1n) is 10.1. The van der Waals surface area contributed by atoms with Gasteiger partial charge in [0.25, 0.3) is 0 Å². The van der Waals surface area contributed by atoms with Crippen LogP contribution in [0.2, 0.25) is 0 Å². The highest BCUT2D eigenvalue weighted by Gasteiger charge is 2.26. The SMILES string of the molecule is CCC(C)CC(CC)N(c1cccc(N)c1)C(CC)CC(C)CC. The smallest absolute Gasteiger partial charge is 0.0391 e. The van der Waals surface area contributed by atoms with Crippen molar-refractivity contribution in [3.05, 3.63) is 24.3 Å². The molecule has 1 aromatic rings. The van der Waals surface area contributed by atoms with Crippen LogP contribution in [0.4, 0.5) is 11.4 Å². The molecule has 0 aliphatic rings. The van der Waals surface area contributed by atoms with Crippen LogP contribution in [0.3, 0.4) is 0 Å². The molecule has 24 heavy (non-hydrogen) atoms. The van der Waals surface area contributed by atoms with Gasteiger partial charge in [0.15, 0.2) is 0 Å². The molecule has 2 heteroatoms. The second kappa shape index (κ2) is 10.6. The summed E-state index contributed by atoms with van der Waals surface area (Å²) in [6.45, 7) is 14.0. The molecule has 0 amide bonds. The Morgan fingerprint density at radius 2 is 1.33 bits per heavy atom. The van der Waals surface area contributed by atoms with Crippen molar-refractivity contribution in [1.29, 1.82) is 0 Å². The summed E-state index contributed by atoms with van der Waals surface area (Å²) in [6, 6.07) is 9.69. The predicted molar refractivity (Wildman–Crippen MR) is 110 cm³/mol. The van der Waals surface area contributed by atoms with Crippen molar-refractivity contribution in [2.75, 3.05) is 10.6 Å². The summed E-state index contributed by atoms with van der Waals surface area (Å²) >= 11 is 0. The second-order valence-corrected chi connectivity index (χ2v) is 7.62. The number of rotatable bonds is 11. The van der Waals surface area contributed by atoms with Crippen LogP contribution in [-0.4, -0.2) is 12.1 Å². The van der Waals surface area contributed by atoms with Gasteiger partial charge in [-0.2, -0.15) is 0 Å². The third-order valence-electron chi connectivity index (χ3n) is 5.64. The Kier molecular flexibility index (Phi) is 9.25. The van der Waals surface area contributed by atoms with Crippen LogP contribution in [-0.2, 0) is 0 Å².